The zero-order valence-corrected chi connectivity index (χ0v) is 9.27. The number of ether oxygens (including phenoxy) is 2. The van der Waals surface area contributed by atoms with Gasteiger partial charge in [0.1, 0.15) is 17.8 Å². The van der Waals surface area contributed by atoms with Gasteiger partial charge in [-0.2, -0.15) is 0 Å². The van der Waals surface area contributed by atoms with Crippen LogP contribution < -0.4 is 9.47 Å². The molecule has 4 nitrogen and oxygen atoms in total. The predicted octanol–water partition coefficient (Wildman–Crippen LogP) is 2.45. The summed E-state index contributed by atoms with van der Waals surface area (Å²) >= 11 is 0. The van der Waals surface area contributed by atoms with Crippen LogP contribution >= 0.6 is 0 Å². The van der Waals surface area contributed by atoms with Crippen molar-refractivity contribution >= 4 is 5.97 Å². The van der Waals surface area contributed by atoms with Crippen LogP contribution in [0.5, 0.6) is 11.5 Å². The highest BCUT2D eigenvalue weighted by Gasteiger charge is 2.00. The molecular formula is C12H14O4. The Bertz CT molecular complexity index is 396. The number of rotatable bonds is 5. The molecule has 0 radical (unpaired) electrons. The molecule has 0 heterocycles. The highest BCUT2D eigenvalue weighted by molar-refractivity contribution is 5.85. The van der Waals surface area contributed by atoms with Crippen molar-refractivity contribution in [1.82, 2.24) is 0 Å². The Morgan fingerprint density at radius 2 is 2.12 bits per heavy atom. The molecule has 16 heavy (non-hydrogen) atoms. The van der Waals surface area contributed by atoms with Gasteiger partial charge in [-0.15, -0.1) is 0 Å². The Balaban J connectivity index is 2.70. The van der Waals surface area contributed by atoms with E-state index in [0.717, 1.165) is 0 Å². The maximum atomic E-state index is 10.5. The molecule has 0 saturated carbocycles. The largest absolute Gasteiger partial charge is 0.494 e. The molecule has 1 rings (SSSR count). The third-order valence-electron chi connectivity index (χ3n) is 1.83. The number of carboxylic acids is 1. The zero-order valence-electron chi connectivity index (χ0n) is 9.27. The van der Waals surface area contributed by atoms with Gasteiger partial charge in [0.25, 0.3) is 0 Å². The molecular weight excluding hydrogens is 208 g/mol. The second-order valence-corrected chi connectivity index (χ2v) is 3.13. The molecule has 0 fully saturated rings. The number of hydrogen-bond acceptors (Lipinski definition) is 3. The van der Waals surface area contributed by atoms with Gasteiger partial charge >= 0.3 is 5.97 Å². The summed E-state index contributed by atoms with van der Waals surface area (Å²) in [6.45, 7) is 3.93. The van der Waals surface area contributed by atoms with Crippen molar-refractivity contribution in [2.24, 2.45) is 0 Å². The molecule has 0 atom stereocenters. The van der Waals surface area contributed by atoms with Gasteiger partial charge in [0.2, 0.25) is 0 Å². The van der Waals surface area contributed by atoms with E-state index in [1.807, 2.05) is 13.0 Å². The van der Waals surface area contributed by atoms with Crippen molar-refractivity contribution in [2.45, 2.75) is 13.8 Å². The highest BCUT2D eigenvalue weighted by Crippen LogP contribution is 2.19. The summed E-state index contributed by atoms with van der Waals surface area (Å²) in [5, 5.41) is 8.63. The van der Waals surface area contributed by atoms with Gasteiger partial charge in [-0.25, -0.2) is 4.79 Å². The third kappa shape index (κ3) is 3.65. The summed E-state index contributed by atoms with van der Waals surface area (Å²) < 4.78 is 10.5. The van der Waals surface area contributed by atoms with Gasteiger partial charge < -0.3 is 14.6 Å². The summed E-state index contributed by atoms with van der Waals surface area (Å²) in [5.74, 6) is 0.244. The van der Waals surface area contributed by atoms with Crippen LogP contribution in [0, 0.1) is 0 Å². The normalized spacial score (nSPS) is 11.0. The fraction of sp³-hybridized carbons (Fsp3) is 0.250. The molecule has 0 unspecified atom stereocenters. The van der Waals surface area contributed by atoms with Gasteiger partial charge in [-0.3, -0.25) is 0 Å². The monoisotopic (exact) mass is 222 g/mol. The summed E-state index contributed by atoms with van der Waals surface area (Å²) in [4.78, 5) is 10.5. The second-order valence-electron chi connectivity index (χ2n) is 3.13. The van der Waals surface area contributed by atoms with Crippen LogP contribution in [-0.2, 0) is 4.79 Å². The Morgan fingerprint density at radius 3 is 2.75 bits per heavy atom. The SMILES string of the molecule is CCOc1cccc(OC=C(C)C(=O)O)c1. The van der Waals surface area contributed by atoms with Crippen molar-refractivity contribution in [3.05, 3.63) is 36.1 Å². The topological polar surface area (TPSA) is 55.8 Å². The minimum atomic E-state index is -0.999. The number of carbonyl (C=O) groups is 1. The van der Waals surface area contributed by atoms with Crippen LogP contribution in [0.4, 0.5) is 0 Å². The number of aliphatic carboxylic acids is 1. The van der Waals surface area contributed by atoms with E-state index in [-0.39, 0.29) is 5.57 Å². The first-order valence-corrected chi connectivity index (χ1v) is 4.93. The van der Waals surface area contributed by atoms with Crippen LogP contribution in [-0.4, -0.2) is 17.7 Å². The van der Waals surface area contributed by atoms with Gasteiger partial charge in [-0.1, -0.05) is 6.07 Å². The second kappa shape index (κ2) is 5.80. The average Bonchev–Trinajstić information content (AvgIpc) is 2.26. The molecule has 0 aliphatic heterocycles. The van der Waals surface area contributed by atoms with Crippen LogP contribution in [0.25, 0.3) is 0 Å². The minimum Gasteiger partial charge on any atom is -0.494 e. The third-order valence-corrected chi connectivity index (χ3v) is 1.83. The lowest BCUT2D eigenvalue weighted by Crippen LogP contribution is -1.98. The lowest BCUT2D eigenvalue weighted by molar-refractivity contribution is -0.132. The van der Waals surface area contributed by atoms with E-state index in [2.05, 4.69) is 0 Å². The van der Waals surface area contributed by atoms with E-state index in [0.29, 0.717) is 18.1 Å². The van der Waals surface area contributed by atoms with Crippen LogP contribution in [0.2, 0.25) is 0 Å². The molecule has 0 aromatic heterocycles. The fourth-order valence-corrected chi connectivity index (χ4v) is 1.01. The Morgan fingerprint density at radius 1 is 1.44 bits per heavy atom. The molecule has 0 bridgehead atoms. The minimum absolute atomic E-state index is 0.141. The van der Waals surface area contributed by atoms with E-state index in [1.165, 1.54) is 13.2 Å². The molecule has 4 heteroatoms. The Kier molecular flexibility index (Phi) is 4.39. The first kappa shape index (κ1) is 12.1. The lowest BCUT2D eigenvalue weighted by atomic mass is 10.3. The molecule has 1 N–H and O–H groups in total. The fourth-order valence-electron chi connectivity index (χ4n) is 1.01. The van der Waals surface area contributed by atoms with E-state index >= 15 is 0 Å². The van der Waals surface area contributed by atoms with Crippen molar-refractivity contribution < 1.29 is 19.4 Å². The predicted molar refractivity (Wildman–Crippen MR) is 59.6 cm³/mol. The quantitative estimate of drug-likeness (QED) is 0.614. The molecule has 0 saturated heterocycles. The zero-order chi connectivity index (χ0) is 12.0. The van der Waals surface area contributed by atoms with Gasteiger partial charge in [0, 0.05) is 6.07 Å². The first-order chi connectivity index (χ1) is 7.63. The van der Waals surface area contributed by atoms with Crippen molar-refractivity contribution in [2.75, 3.05) is 6.61 Å². The number of hydrogen-bond donors (Lipinski definition) is 1. The van der Waals surface area contributed by atoms with Crippen molar-refractivity contribution in [3.63, 3.8) is 0 Å². The molecule has 1 aromatic rings. The van der Waals surface area contributed by atoms with Crippen molar-refractivity contribution in [1.29, 1.82) is 0 Å². The Hall–Kier alpha value is -1.97. The van der Waals surface area contributed by atoms with Crippen LogP contribution in [0.3, 0.4) is 0 Å². The smallest absolute Gasteiger partial charge is 0.334 e. The Labute approximate surface area is 94.1 Å². The molecule has 86 valence electrons. The molecule has 0 aliphatic carbocycles. The van der Waals surface area contributed by atoms with Gasteiger partial charge in [0.15, 0.2) is 0 Å². The van der Waals surface area contributed by atoms with Gasteiger partial charge in [0.05, 0.1) is 12.2 Å². The average molecular weight is 222 g/mol. The summed E-state index contributed by atoms with van der Waals surface area (Å²) in [6, 6.07) is 7.03. The lowest BCUT2D eigenvalue weighted by Gasteiger charge is -2.05. The standard InChI is InChI=1S/C12H14O4/c1-3-15-10-5-4-6-11(7-10)16-8-9(2)12(13)14/h4-8H,3H2,1-2H3,(H,13,14). The van der Waals surface area contributed by atoms with E-state index in [4.69, 9.17) is 14.6 Å². The maximum absolute atomic E-state index is 10.5. The highest BCUT2D eigenvalue weighted by atomic mass is 16.5. The van der Waals surface area contributed by atoms with Crippen molar-refractivity contribution in [3.8, 4) is 11.5 Å². The molecule has 1 aromatic carbocycles. The summed E-state index contributed by atoms with van der Waals surface area (Å²) in [7, 11) is 0. The van der Waals surface area contributed by atoms with E-state index in [9.17, 15) is 4.79 Å². The van der Waals surface area contributed by atoms with Crippen LogP contribution in [0.15, 0.2) is 36.1 Å². The van der Waals surface area contributed by atoms with Crippen LogP contribution in [0.1, 0.15) is 13.8 Å². The van der Waals surface area contributed by atoms with Gasteiger partial charge in [-0.05, 0) is 26.0 Å². The molecule has 0 amide bonds. The number of benzene rings is 1. The maximum Gasteiger partial charge on any atom is 0.334 e. The molecule has 0 aliphatic rings. The van der Waals surface area contributed by atoms with E-state index in [1.54, 1.807) is 18.2 Å². The van der Waals surface area contributed by atoms with E-state index < -0.39 is 5.97 Å². The summed E-state index contributed by atoms with van der Waals surface area (Å²) in [5.41, 5.74) is 0.141. The summed E-state index contributed by atoms with van der Waals surface area (Å²) in [6.07, 6.45) is 1.20. The number of carboxylic acid groups (broad SMARTS) is 1. The first-order valence-electron chi connectivity index (χ1n) is 4.93. The molecule has 0 spiro atoms.